The van der Waals surface area contributed by atoms with Crippen molar-refractivity contribution >= 4 is 17.5 Å². The van der Waals surface area contributed by atoms with Gasteiger partial charge in [-0.05, 0) is 44.0 Å². The summed E-state index contributed by atoms with van der Waals surface area (Å²) in [4.78, 5) is 0. The predicted molar refractivity (Wildman–Crippen MR) is 91.7 cm³/mol. The molecule has 0 aliphatic heterocycles. The Labute approximate surface area is 136 Å². The number of benzene rings is 2. The van der Waals surface area contributed by atoms with E-state index >= 15 is 0 Å². The SMILES string of the molecule is COC(=S)Oc1cccc(C)c1COc1ccc(C)cc1C. The van der Waals surface area contributed by atoms with Gasteiger partial charge in [0.2, 0.25) is 0 Å². The molecule has 0 spiro atoms. The summed E-state index contributed by atoms with van der Waals surface area (Å²) in [5.74, 6) is 1.53. The molecule has 0 atom stereocenters. The number of methoxy groups -OCH3 is 1. The molecule has 0 radical (unpaired) electrons. The second-order valence-corrected chi connectivity index (χ2v) is 5.50. The van der Waals surface area contributed by atoms with Gasteiger partial charge in [0.25, 0.3) is 0 Å². The highest BCUT2D eigenvalue weighted by Gasteiger charge is 2.11. The van der Waals surface area contributed by atoms with Crippen molar-refractivity contribution in [1.82, 2.24) is 0 Å². The van der Waals surface area contributed by atoms with E-state index in [2.05, 4.69) is 13.0 Å². The molecule has 2 aromatic carbocycles. The van der Waals surface area contributed by atoms with Crippen LogP contribution in [0.5, 0.6) is 11.5 Å². The Morgan fingerprint density at radius 2 is 1.77 bits per heavy atom. The van der Waals surface area contributed by atoms with Crippen molar-refractivity contribution in [3.05, 3.63) is 58.7 Å². The van der Waals surface area contributed by atoms with E-state index in [9.17, 15) is 0 Å². The molecule has 116 valence electrons. The topological polar surface area (TPSA) is 27.7 Å². The van der Waals surface area contributed by atoms with E-state index in [4.69, 9.17) is 26.4 Å². The van der Waals surface area contributed by atoms with Crippen molar-refractivity contribution in [3.63, 3.8) is 0 Å². The van der Waals surface area contributed by atoms with Gasteiger partial charge in [0.15, 0.2) is 0 Å². The molecule has 4 heteroatoms. The third-order valence-corrected chi connectivity index (χ3v) is 3.68. The number of aryl methyl sites for hydroxylation is 3. The highest BCUT2D eigenvalue weighted by atomic mass is 32.1. The van der Waals surface area contributed by atoms with Crippen LogP contribution in [0.4, 0.5) is 0 Å². The van der Waals surface area contributed by atoms with Crippen LogP contribution in [0.2, 0.25) is 0 Å². The fraction of sp³-hybridized carbons (Fsp3) is 0.278. The van der Waals surface area contributed by atoms with Crippen LogP contribution in [0, 0.1) is 20.8 Å². The number of ether oxygens (including phenoxy) is 3. The Balaban J connectivity index is 2.19. The smallest absolute Gasteiger partial charge is 0.357 e. The molecule has 0 saturated heterocycles. The number of rotatable bonds is 4. The van der Waals surface area contributed by atoms with Crippen LogP contribution < -0.4 is 9.47 Å². The maximum absolute atomic E-state index is 5.95. The second kappa shape index (κ2) is 7.27. The summed E-state index contributed by atoms with van der Waals surface area (Å²) in [5, 5.41) is 0.0957. The third-order valence-electron chi connectivity index (χ3n) is 3.43. The van der Waals surface area contributed by atoms with Crippen molar-refractivity contribution in [2.75, 3.05) is 7.11 Å². The maximum atomic E-state index is 5.95. The average Bonchev–Trinajstić information content (AvgIpc) is 2.48. The van der Waals surface area contributed by atoms with E-state index in [1.807, 2.05) is 44.2 Å². The zero-order valence-electron chi connectivity index (χ0n) is 13.3. The average molecular weight is 316 g/mol. The molecular formula is C18H20O3S. The van der Waals surface area contributed by atoms with Crippen LogP contribution in [0.1, 0.15) is 22.3 Å². The lowest BCUT2D eigenvalue weighted by Gasteiger charge is -2.15. The van der Waals surface area contributed by atoms with Crippen LogP contribution >= 0.6 is 12.2 Å². The maximum Gasteiger partial charge on any atom is 0.357 e. The van der Waals surface area contributed by atoms with Gasteiger partial charge in [-0.1, -0.05) is 29.8 Å². The molecule has 0 heterocycles. The molecule has 3 nitrogen and oxygen atoms in total. The summed E-state index contributed by atoms with van der Waals surface area (Å²) in [6.07, 6.45) is 0. The van der Waals surface area contributed by atoms with Gasteiger partial charge < -0.3 is 14.2 Å². The van der Waals surface area contributed by atoms with Crippen molar-refractivity contribution in [2.45, 2.75) is 27.4 Å². The summed E-state index contributed by atoms with van der Waals surface area (Å²) in [6.45, 7) is 6.54. The van der Waals surface area contributed by atoms with Gasteiger partial charge in [-0.2, -0.15) is 0 Å². The fourth-order valence-corrected chi connectivity index (χ4v) is 2.29. The van der Waals surface area contributed by atoms with Crippen molar-refractivity contribution < 1.29 is 14.2 Å². The van der Waals surface area contributed by atoms with Gasteiger partial charge in [0, 0.05) is 17.8 Å². The molecule has 2 rings (SSSR count). The fourth-order valence-electron chi connectivity index (χ4n) is 2.20. The normalized spacial score (nSPS) is 10.2. The van der Waals surface area contributed by atoms with Gasteiger partial charge in [-0.3, -0.25) is 0 Å². The first-order valence-electron chi connectivity index (χ1n) is 7.05. The molecule has 0 amide bonds. The Bertz CT molecular complexity index is 680. The van der Waals surface area contributed by atoms with Crippen LogP contribution in [-0.2, 0) is 11.3 Å². The Kier molecular flexibility index (Phi) is 5.39. The van der Waals surface area contributed by atoms with Gasteiger partial charge >= 0.3 is 5.24 Å². The molecule has 0 aromatic heterocycles. The highest BCUT2D eigenvalue weighted by molar-refractivity contribution is 7.79. The molecule has 0 aliphatic carbocycles. The number of hydrogen-bond donors (Lipinski definition) is 0. The first-order chi connectivity index (χ1) is 10.5. The van der Waals surface area contributed by atoms with Gasteiger partial charge in [0.1, 0.15) is 18.1 Å². The second-order valence-electron chi connectivity index (χ2n) is 5.17. The number of thiocarbonyl (C=S) groups is 1. The zero-order valence-corrected chi connectivity index (χ0v) is 14.1. The molecular weight excluding hydrogens is 296 g/mol. The highest BCUT2D eigenvalue weighted by Crippen LogP contribution is 2.26. The van der Waals surface area contributed by atoms with Gasteiger partial charge in [0.05, 0.1) is 7.11 Å². The van der Waals surface area contributed by atoms with E-state index in [1.165, 1.54) is 12.7 Å². The quantitative estimate of drug-likeness (QED) is 0.776. The van der Waals surface area contributed by atoms with Crippen LogP contribution in [0.25, 0.3) is 0 Å². The van der Waals surface area contributed by atoms with E-state index in [1.54, 1.807) is 0 Å². The van der Waals surface area contributed by atoms with Crippen LogP contribution in [-0.4, -0.2) is 12.3 Å². The summed E-state index contributed by atoms with van der Waals surface area (Å²) in [6, 6.07) is 11.9. The van der Waals surface area contributed by atoms with Crippen LogP contribution in [0.3, 0.4) is 0 Å². The van der Waals surface area contributed by atoms with Crippen molar-refractivity contribution in [2.24, 2.45) is 0 Å². The van der Waals surface area contributed by atoms with E-state index < -0.39 is 0 Å². The Morgan fingerprint density at radius 3 is 2.45 bits per heavy atom. The van der Waals surface area contributed by atoms with Gasteiger partial charge in [-0.15, -0.1) is 0 Å². The lowest BCUT2D eigenvalue weighted by atomic mass is 10.1. The number of hydrogen-bond acceptors (Lipinski definition) is 4. The van der Waals surface area contributed by atoms with E-state index in [-0.39, 0.29) is 5.24 Å². The molecule has 0 saturated carbocycles. The minimum atomic E-state index is 0.0957. The largest absolute Gasteiger partial charge is 0.488 e. The first kappa shape index (κ1) is 16.3. The molecule has 0 N–H and O–H groups in total. The molecule has 0 fully saturated rings. The minimum absolute atomic E-state index is 0.0957. The third kappa shape index (κ3) is 3.98. The molecule has 22 heavy (non-hydrogen) atoms. The van der Waals surface area contributed by atoms with E-state index in [0.717, 1.165) is 22.4 Å². The summed E-state index contributed by atoms with van der Waals surface area (Å²) < 4.78 is 16.4. The van der Waals surface area contributed by atoms with Crippen LogP contribution in [0.15, 0.2) is 36.4 Å². The lowest BCUT2D eigenvalue weighted by Crippen LogP contribution is -2.10. The summed E-state index contributed by atoms with van der Waals surface area (Å²) >= 11 is 4.97. The molecule has 0 unspecified atom stereocenters. The van der Waals surface area contributed by atoms with E-state index in [0.29, 0.717) is 12.4 Å². The summed E-state index contributed by atoms with van der Waals surface area (Å²) in [5.41, 5.74) is 4.38. The van der Waals surface area contributed by atoms with Crippen molar-refractivity contribution in [3.8, 4) is 11.5 Å². The Hall–Kier alpha value is -2.07. The minimum Gasteiger partial charge on any atom is -0.488 e. The summed E-state index contributed by atoms with van der Waals surface area (Å²) in [7, 11) is 1.49. The predicted octanol–water partition coefficient (Wildman–Crippen LogP) is 4.50. The molecule has 0 bridgehead atoms. The standard InChI is InChI=1S/C18H20O3S/c1-12-8-9-16(14(3)10-12)20-11-15-13(2)6-5-7-17(15)21-18(22)19-4/h5-10H,11H2,1-4H3. The lowest BCUT2D eigenvalue weighted by molar-refractivity contribution is 0.287. The monoisotopic (exact) mass is 316 g/mol. The molecule has 2 aromatic rings. The van der Waals surface area contributed by atoms with Gasteiger partial charge in [-0.25, -0.2) is 0 Å². The van der Waals surface area contributed by atoms with Crippen molar-refractivity contribution in [1.29, 1.82) is 0 Å². The first-order valence-corrected chi connectivity index (χ1v) is 7.46. The zero-order chi connectivity index (χ0) is 16.1. The Morgan fingerprint density at radius 1 is 1.00 bits per heavy atom. The molecule has 0 aliphatic rings.